The lowest BCUT2D eigenvalue weighted by atomic mass is 9.68. The van der Waals surface area contributed by atoms with Crippen LogP contribution in [0.1, 0.15) is 94.6 Å². The number of aryl methyl sites for hydroxylation is 1. The Morgan fingerprint density at radius 1 is 0.885 bits per heavy atom. The highest BCUT2D eigenvalue weighted by molar-refractivity contribution is 5.26. The summed E-state index contributed by atoms with van der Waals surface area (Å²) >= 11 is 0. The average Bonchev–Trinajstić information content (AvgIpc) is 2.72. The van der Waals surface area contributed by atoms with E-state index in [1.807, 2.05) is 0 Å². The molecule has 0 saturated heterocycles. The summed E-state index contributed by atoms with van der Waals surface area (Å²) < 4.78 is 12.2. The summed E-state index contributed by atoms with van der Waals surface area (Å²) in [6.07, 6.45) is 18.2. The van der Waals surface area contributed by atoms with Crippen molar-refractivity contribution in [3.63, 3.8) is 0 Å². The molecule has 0 unspecified atom stereocenters. The number of benzene rings is 1. The van der Waals surface area contributed by atoms with Gasteiger partial charge in [0.15, 0.2) is 0 Å². The van der Waals surface area contributed by atoms with E-state index in [4.69, 9.17) is 0 Å². The Morgan fingerprint density at radius 3 is 2.08 bits per heavy atom. The molecule has 26 heavy (non-hydrogen) atoms. The quantitative estimate of drug-likeness (QED) is 0.464. The van der Waals surface area contributed by atoms with Crippen molar-refractivity contribution in [3.05, 3.63) is 47.8 Å². The zero-order valence-electron chi connectivity index (χ0n) is 16.6. The van der Waals surface area contributed by atoms with E-state index in [-0.39, 0.29) is 0 Å². The smallest absolute Gasteiger partial charge is 0.0827 e. The molecule has 0 heterocycles. The second-order valence-corrected chi connectivity index (χ2v) is 8.84. The van der Waals surface area contributed by atoms with Crippen LogP contribution in [0, 0.1) is 17.8 Å². The van der Waals surface area contributed by atoms with Crippen LogP contribution >= 0.6 is 0 Å². The molecule has 1 heteroatoms. The first-order valence-corrected chi connectivity index (χ1v) is 11.1. The Labute approximate surface area is 160 Å². The Bertz CT molecular complexity index is 528. The Balaban J connectivity index is 1.43. The van der Waals surface area contributed by atoms with Gasteiger partial charge >= 0.3 is 0 Å². The fourth-order valence-electron chi connectivity index (χ4n) is 5.40. The average molecular weight is 357 g/mol. The molecule has 2 aliphatic rings. The second kappa shape index (κ2) is 10.3. The second-order valence-electron chi connectivity index (χ2n) is 8.84. The van der Waals surface area contributed by atoms with E-state index in [9.17, 15) is 4.39 Å². The van der Waals surface area contributed by atoms with Gasteiger partial charge in [-0.3, -0.25) is 0 Å². The van der Waals surface area contributed by atoms with E-state index in [0.29, 0.717) is 0 Å². The van der Waals surface area contributed by atoms with Crippen LogP contribution in [0.5, 0.6) is 0 Å². The number of hydrogen-bond acceptors (Lipinski definition) is 0. The first kappa shape index (κ1) is 19.6. The van der Waals surface area contributed by atoms with E-state index in [0.717, 1.165) is 36.4 Å². The van der Waals surface area contributed by atoms with Crippen LogP contribution in [0.4, 0.5) is 4.39 Å². The highest BCUT2D eigenvalue weighted by Crippen LogP contribution is 2.44. The van der Waals surface area contributed by atoms with Crippen molar-refractivity contribution in [2.45, 2.75) is 89.9 Å². The predicted octanol–water partition coefficient (Wildman–Crippen LogP) is 7.98. The monoisotopic (exact) mass is 356 g/mol. The van der Waals surface area contributed by atoms with Gasteiger partial charge in [0.2, 0.25) is 0 Å². The summed E-state index contributed by atoms with van der Waals surface area (Å²) in [7, 11) is 0. The normalized spacial score (nSPS) is 29.9. The summed E-state index contributed by atoms with van der Waals surface area (Å²) in [5, 5.41) is 0. The van der Waals surface area contributed by atoms with Crippen LogP contribution in [0.15, 0.2) is 36.7 Å². The molecule has 0 spiro atoms. The van der Waals surface area contributed by atoms with Crippen molar-refractivity contribution in [3.8, 4) is 0 Å². The first-order chi connectivity index (χ1) is 12.8. The van der Waals surface area contributed by atoms with Gasteiger partial charge in [-0.05, 0) is 105 Å². The van der Waals surface area contributed by atoms with Gasteiger partial charge in [-0.15, -0.1) is 0 Å². The third-order valence-corrected chi connectivity index (χ3v) is 7.16. The van der Waals surface area contributed by atoms with Crippen LogP contribution < -0.4 is 0 Å². The SMILES string of the molecule is CCCCc1ccc([C@H]2CC[C@H]([C@H]3CC[C@H](CC=CF)CC3)CC2)cc1. The number of rotatable bonds is 7. The summed E-state index contributed by atoms with van der Waals surface area (Å²) in [6.45, 7) is 2.26. The lowest BCUT2D eigenvalue weighted by molar-refractivity contribution is 0.160. The molecule has 0 aromatic heterocycles. The van der Waals surface area contributed by atoms with Crippen LogP contribution in [0.3, 0.4) is 0 Å². The molecule has 0 atom stereocenters. The maximum Gasteiger partial charge on any atom is 0.0827 e. The van der Waals surface area contributed by atoms with Gasteiger partial charge in [0.05, 0.1) is 6.33 Å². The summed E-state index contributed by atoms with van der Waals surface area (Å²) in [6, 6.07) is 9.54. The van der Waals surface area contributed by atoms with Crippen LogP contribution in [-0.4, -0.2) is 0 Å². The fraction of sp³-hybridized carbons (Fsp3) is 0.680. The molecule has 3 rings (SSSR count). The number of allylic oxidation sites excluding steroid dienone is 1. The van der Waals surface area contributed by atoms with Crippen molar-refractivity contribution in [2.24, 2.45) is 17.8 Å². The molecule has 2 fully saturated rings. The molecule has 2 saturated carbocycles. The van der Waals surface area contributed by atoms with Gasteiger partial charge in [-0.2, -0.15) is 0 Å². The molecule has 0 bridgehead atoms. The molecule has 0 N–H and O–H groups in total. The molecule has 1 aromatic carbocycles. The van der Waals surface area contributed by atoms with Gasteiger partial charge in [0.1, 0.15) is 0 Å². The zero-order valence-corrected chi connectivity index (χ0v) is 16.6. The fourth-order valence-corrected chi connectivity index (χ4v) is 5.40. The maximum absolute atomic E-state index is 12.2. The van der Waals surface area contributed by atoms with Crippen molar-refractivity contribution < 1.29 is 4.39 Å². The molecule has 0 amide bonds. The van der Waals surface area contributed by atoms with Gasteiger partial charge in [0, 0.05) is 0 Å². The molecular weight excluding hydrogens is 319 g/mol. The lowest BCUT2D eigenvalue weighted by Crippen LogP contribution is -2.25. The topological polar surface area (TPSA) is 0 Å². The van der Waals surface area contributed by atoms with Crippen LogP contribution in [-0.2, 0) is 6.42 Å². The summed E-state index contributed by atoms with van der Waals surface area (Å²) in [5.74, 6) is 3.42. The minimum atomic E-state index is 0.726. The molecule has 1 aromatic rings. The minimum Gasteiger partial charge on any atom is -0.216 e. The van der Waals surface area contributed by atoms with Crippen LogP contribution in [0.25, 0.3) is 0 Å². The Kier molecular flexibility index (Phi) is 7.77. The predicted molar refractivity (Wildman–Crippen MR) is 110 cm³/mol. The Morgan fingerprint density at radius 2 is 1.50 bits per heavy atom. The largest absolute Gasteiger partial charge is 0.216 e. The molecule has 2 aliphatic carbocycles. The van der Waals surface area contributed by atoms with Crippen molar-refractivity contribution in [1.82, 2.24) is 0 Å². The molecular formula is C25H37F. The first-order valence-electron chi connectivity index (χ1n) is 11.1. The summed E-state index contributed by atoms with van der Waals surface area (Å²) in [4.78, 5) is 0. The molecule has 0 radical (unpaired) electrons. The minimum absolute atomic E-state index is 0.726. The van der Waals surface area contributed by atoms with Gasteiger partial charge < -0.3 is 0 Å². The van der Waals surface area contributed by atoms with Gasteiger partial charge in [-0.25, -0.2) is 4.39 Å². The van der Waals surface area contributed by atoms with E-state index in [1.54, 1.807) is 11.6 Å². The van der Waals surface area contributed by atoms with Crippen molar-refractivity contribution >= 4 is 0 Å². The highest BCUT2D eigenvalue weighted by Gasteiger charge is 2.30. The summed E-state index contributed by atoms with van der Waals surface area (Å²) in [5.41, 5.74) is 3.08. The highest BCUT2D eigenvalue weighted by atomic mass is 19.1. The van der Waals surface area contributed by atoms with Crippen LogP contribution in [0.2, 0.25) is 0 Å². The maximum atomic E-state index is 12.2. The lowest BCUT2D eigenvalue weighted by Gasteiger charge is -2.38. The van der Waals surface area contributed by atoms with Crippen molar-refractivity contribution in [2.75, 3.05) is 0 Å². The third kappa shape index (κ3) is 5.44. The van der Waals surface area contributed by atoms with Crippen molar-refractivity contribution in [1.29, 1.82) is 0 Å². The molecule has 0 nitrogen and oxygen atoms in total. The van der Waals surface area contributed by atoms with Gasteiger partial charge in [0.25, 0.3) is 0 Å². The number of halogens is 1. The van der Waals surface area contributed by atoms with E-state index >= 15 is 0 Å². The number of hydrogen-bond donors (Lipinski definition) is 0. The van der Waals surface area contributed by atoms with E-state index in [1.165, 1.54) is 76.2 Å². The third-order valence-electron chi connectivity index (χ3n) is 7.16. The zero-order chi connectivity index (χ0) is 18.2. The van der Waals surface area contributed by atoms with E-state index in [2.05, 4.69) is 31.2 Å². The Hall–Kier alpha value is -1.11. The molecule has 144 valence electrons. The standard InChI is InChI=1S/C25H37F/c1-2-3-5-20-7-11-22(12-8-20)24-15-17-25(18-16-24)23-13-9-21(10-14-23)6-4-19-26/h4,7-8,11-12,19,21,23-25H,2-3,5-6,9-10,13-18H2,1H3/t21-,23-,24-,25-. The van der Waals surface area contributed by atoms with E-state index < -0.39 is 0 Å². The molecule has 0 aliphatic heterocycles. The number of unbranched alkanes of at least 4 members (excludes halogenated alkanes) is 1. The van der Waals surface area contributed by atoms with Gasteiger partial charge in [-0.1, -0.05) is 43.7 Å².